The van der Waals surface area contributed by atoms with Crippen molar-refractivity contribution in [3.8, 4) is 5.75 Å². The topological polar surface area (TPSA) is 26.3 Å². The predicted octanol–water partition coefficient (Wildman–Crippen LogP) is 8.56. The molecule has 3 rings (SSSR count). The lowest BCUT2D eigenvalue weighted by atomic mass is 9.77. The van der Waals surface area contributed by atoms with Crippen molar-refractivity contribution in [2.75, 3.05) is 0 Å². The van der Waals surface area contributed by atoms with Crippen LogP contribution in [-0.4, -0.2) is 5.97 Å². The molecule has 0 unspecified atom stereocenters. The molecule has 1 fully saturated rings. The maximum absolute atomic E-state index is 12.9. The van der Waals surface area contributed by atoms with Crippen molar-refractivity contribution >= 4 is 5.97 Å². The third-order valence-electron chi connectivity index (χ3n) is 6.55. The van der Waals surface area contributed by atoms with Crippen LogP contribution in [0.5, 0.6) is 5.75 Å². The quantitative estimate of drug-likeness (QED) is 0.219. The molecule has 2 nitrogen and oxygen atoms in total. The molecular weight excluding hydrogens is 413 g/mol. The van der Waals surface area contributed by atoms with Gasteiger partial charge in [0.2, 0.25) is 0 Å². The Morgan fingerprint density at radius 2 is 1.62 bits per heavy atom. The number of hydrogen-bond acceptors (Lipinski definition) is 2. The fourth-order valence-electron chi connectivity index (χ4n) is 4.62. The molecule has 1 saturated carbocycles. The number of carbonyl (C=O) groups is 1. The van der Waals surface area contributed by atoms with E-state index in [1.54, 1.807) is 12.1 Å². The smallest absolute Gasteiger partial charge is 0.416 e. The van der Waals surface area contributed by atoms with Gasteiger partial charge in [-0.3, -0.25) is 0 Å². The summed E-state index contributed by atoms with van der Waals surface area (Å²) in [5.74, 6) is 0.931. The second kappa shape index (κ2) is 11.5. The molecule has 2 aromatic carbocycles. The molecule has 5 heteroatoms. The summed E-state index contributed by atoms with van der Waals surface area (Å²) >= 11 is 0. The van der Waals surface area contributed by atoms with Crippen LogP contribution in [-0.2, 0) is 6.18 Å². The molecule has 1 aliphatic rings. The van der Waals surface area contributed by atoms with Gasteiger partial charge in [0, 0.05) is 0 Å². The highest BCUT2D eigenvalue weighted by Gasteiger charge is 2.31. The number of halogens is 3. The average molecular weight is 447 g/mol. The van der Waals surface area contributed by atoms with Crippen molar-refractivity contribution in [2.24, 2.45) is 5.92 Å². The first-order valence-electron chi connectivity index (χ1n) is 11.9. The highest BCUT2D eigenvalue weighted by molar-refractivity contribution is 5.91. The molecule has 0 bridgehead atoms. The van der Waals surface area contributed by atoms with Crippen LogP contribution in [0.1, 0.15) is 98.5 Å². The molecule has 0 N–H and O–H groups in total. The van der Waals surface area contributed by atoms with Crippen LogP contribution in [0, 0.1) is 5.92 Å². The summed E-state index contributed by atoms with van der Waals surface area (Å²) in [7, 11) is 0. The zero-order valence-corrected chi connectivity index (χ0v) is 18.8. The lowest BCUT2D eigenvalue weighted by molar-refractivity contribution is -0.137. The number of esters is 1. The zero-order chi connectivity index (χ0) is 23.0. The molecule has 0 aromatic heterocycles. The zero-order valence-electron chi connectivity index (χ0n) is 18.8. The van der Waals surface area contributed by atoms with Crippen molar-refractivity contribution in [1.29, 1.82) is 0 Å². The minimum absolute atomic E-state index is 0.114. The first-order chi connectivity index (χ1) is 15.4. The van der Waals surface area contributed by atoms with Crippen molar-refractivity contribution in [1.82, 2.24) is 0 Å². The summed E-state index contributed by atoms with van der Waals surface area (Å²) in [6.07, 6.45) is 8.45. The molecular formula is C27H33F3O2. The van der Waals surface area contributed by atoms with E-state index in [0.29, 0.717) is 11.7 Å². The van der Waals surface area contributed by atoms with Gasteiger partial charge in [-0.05, 0) is 73.4 Å². The molecule has 0 aliphatic heterocycles. The summed E-state index contributed by atoms with van der Waals surface area (Å²) in [4.78, 5) is 12.3. The monoisotopic (exact) mass is 446 g/mol. The predicted molar refractivity (Wildman–Crippen MR) is 121 cm³/mol. The van der Waals surface area contributed by atoms with Crippen LogP contribution in [0.25, 0.3) is 0 Å². The SMILES string of the molecule is CCCCCCCC1CCC(c2ccc(OC(=O)c3cccc(C(F)(F)F)c3)cc2)CC1. The Balaban J connectivity index is 1.48. The molecule has 0 heterocycles. The van der Waals surface area contributed by atoms with Crippen LogP contribution in [0.15, 0.2) is 48.5 Å². The number of alkyl halides is 3. The summed E-state index contributed by atoms with van der Waals surface area (Å²) < 4.78 is 43.9. The minimum Gasteiger partial charge on any atom is -0.423 e. The number of rotatable bonds is 9. The molecule has 174 valence electrons. The highest BCUT2D eigenvalue weighted by Crippen LogP contribution is 2.38. The largest absolute Gasteiger partial charge is 0.423 e. The van der Waals surface area contributed by atoms with E-state index in [4.69, 9.17) is 4.74 Å². The van der Waals surface area contributed by atoms with E-state index in [1.165, 1.54) is 81.9 Å². The molecule has 0 atom stereocenters. The molecule has 32 heavy (non-hydrogen) atoms. The lowest BCUT2D eigenvalue weighted by Crippen LogP contribution is -2.14. The lowest BCUT2D eigenvalue weighted by Gasteiger charge is -2.29. The summed E-state index contributed by atoms with van der Waals surface area (Å²) in [6.45, 7) is 2.24. The maximum atomic E-state index is 12.9. The maximum Gasteiger partial charge on any atom is 0.416 e. The third-order valence-corrected chi connectivity index (χ3v) is 6.55. The van der Waals surface area contributed by atoms with Crippen molar-refractivity contribution in [2.45, 2.75) is 83.2 Å². The van der Waals surface area contributed by atoms with E-state index >= 15 is 0 Å². The van der Waals surface area contributed by atoms with Crippen molar-refractivity contribution in [3.63, 3.8) is 0 Å². The molecule has 0 spiro atoms. The van der Waals surface area contributed by atoms with Crippen molar-refractivity contribution in [3.05, 3.63) is 65.2 Å². The van der Waals surface area contributed by atoms with Gasteiger partial charge < -0.3 is 4.74 Å². The number of unbranched alkanes of at least 4 members (excludes halogenated alkanes) is 4. The third kappa shape index (κ3) is 7.11. The highest BCUT2D eigenvalue weighted by atomic mass is 19.4. The molecule has 0 radical (unpaired) electrons. The first-order valence-corrected chi connectivity index (χ1v) is 11.9. The van der Waals surface area contributed by atoms with E-state index in [0.717, 1.165) is 18.1 Å². The van der Waals surface area contributed by atoms with Crippen molar-refractivity contribution < 1.29 is 22.7 Å². The van der Waals surface area contributed by atoms with Gasteiger partial charge in [-0.25, -0.2) is 4.79 Å². The Bertz CT molecular complexity index is 850. The van der Waals surface area contributed by atoms with Gasteiger partial charge in [-0.15, -0.1) is 0 Å². The fourth-order valence-corrected chi connectivity index (χ4v) is 4.62. The summed E-state index contributed by atoms with van der Waals surface area (Å²) in [5, 5.41) is 0. The summed E-state index contributed by atoms with van der Waals surface area (Å²) in [6, 6.07) is 11.7. The average Bonchev–Trinajstić information content (AvgIpc) is 2.79. The fraction of sp³-hybridized carbons (Fsp3) is 0.519. The van der Waals surface area contributed by atoms with Crippen LogP contribution >= 0.6 is 0 Å². The van der Waals surface area contributed by atoms with Crippen LogP contribution in [0.2, 0.25) is 0 Å². The normalized spacial score (nSPS) is 19.0. The molecule has 1 aliphatic carbocycles. The minimum atomic E-state index is -4.49. The van der Waals surface area contributed by atoms with Crippen LogP contribution in [0.4, 0.5) is 13.2 Å². The van der Waals surface area contributed by atoms with Gasteiger partial charge in [-0.2, -0.15) is 13.2 Å². The van der Waals surface area contributed by atoms with E-state index in [2.05, 4.69) is 6.92 Å². The number of ether oxygens (including phenoxy) is 1. The van der Waals surface area contributed by atoms with Gasteiger partial charge in [0.25, 0.3) is 0 Å². The van der Waals surface area contributed by atoms with Crippen LogP contribution < -0.4 is 4.74 Å². The van der Waals surface area contributed by atoms with Gasteiger partial charge in [-0.1, -0.05) is 63.6 Å². The number of carbonyl (C=O) groups excluding carboxylic acids is 1. The van der Waals surface area contributed by atoms with E-state index in [9.17, 15) is 18.0 Å². The van der Waals surface area contributed by atoms with Gasteiger partial charge in [0.1, 0.15) is 5.75 Å². The second-order valence-corrected chi connectivity index (χ2v) is 8.96. The standard InChI is InChI=1S/C27H33F3O2/c1-2-3-4-5-6-8-20-11-13-21(14-12-20)22-15-17-25(18-16-22)32-26(31)23-9-7-10-24(19-23)27(28,29)30/h7,9-10,15-21H,2-6,8,11-14H2,1H3. The number of hydrogen-bond donors (Lipinski definition) is 0. The first kappa shape index (κ1) is 24.3. The molecule has 0 amide bonds. The van der Waals surface area contributed by atoms with E-state index in [-0.39, 0.29) is 5.56 Å². The number of benzene rings is 2. The Hall–Kier alpha value is -2.30. The van der Waals surface area contributed by atoms with E-state index < -0.39 is 17.7 Å². The Kier molecular flexibility index (Phi) is 8.77. The van der Waals surface area contributed by atoms with Crippen LogP contribution in [0.3, 0.4) is 0 Å². The Morgan fingerprint density at radius 1 is 0.938 bits per heavy atom. The van der Waals surface area contributed by atoms with Gasteiger partial charge in [0.15, 0.2) is 0 Å². The Morgan fingerprint density at radius 3 is 2.28 bits per heavy atom. The Labute approximate surface area is 189 Å². The second-order valence-electron chi connectivity index (χ2n) is 8.96. The molecule has 2 aromatic rings. The summed E-state index contributed by atoms with van der Waals surface area (Å²) in [5.41, 5.74) is 0.265. The van der Waals surface area contributed by atoms with Gasteiger partial charge >= 0.3 is 12.1 Å². The van der Waals surface area contributed by atoms with E-state index in [1.807, 2.05) is 12.1 Å². The molecule has 0 saturated heterocycles. The van der Waals surface area contributed by atoms with Gasteiger partial charge in [0.05, 0.1) is 11.1 Å².